The monoisotopic (exact) mass is 278 g/mol. The predicted octanol–water partition coefficient (Wildman–Crippen LogP) is 7.69. The highest BCUT2D eigenvalue weighted by atomic mass is 13.8. The average Bonchev–Trinajstić information content (AvgIpc) is 2.52. The molecule has 0 aromatic rings. The molecule has 0 heterocycles. The summed E-state index contributed by atoms with van der Waals surface area (Å²) in [5.41, 5.74) is 2.20. The Morgan fingerprint density at radius 2 is 1.15 bits per heavy atom. The Morgan fingerprint density at radius 1 is 0.750 bits per heavy atom. The van der Waals surface area contributed by atoms with E-state index in [0.29, 0.717) is 0 Å². The first-order valence-electron chi connectivity index (χ1n) is 7.44. The van der Waals surface area contributed by atoms with Crippen molar-refractivity contribution in [2.24, 2.45) is 0 Å². The molecule has 20 heavy (non-hydrogen) atoms. The van der Waals surface area contributed by atoms with Gasteiger partial charge >= 0.3 is 0 Å². The first-order valence-corrected chi connectivity index (χ1v) is 7.44. The molecule has 0 aliphatic rings. The largest absolute Gasteiger partial charge is 0.0991 e. The van der Waals surface area contributed by atoms with Crippen LogP contribution in [0.3, 0.4) is 0 Å². The fraction of sp³-hybridized carbons (Fsp3) is 0.400. The molecule has 0 N–H and O–H groups in total. The average molecular weight is 279 g/mol. The van der Waals surface area contributed by atoms with Gasteiger partial charge in [-0.15, -0.1) is 0 Å². The summed E-state index contributed by atoms with van der Waals surface area (Å²) in [7, 11) is 0. The summed E-state index contributed by atoms with van der Waals surface area (Å²) in [6.45, 7) is 30.2. The summed E-state index contributed by atoms with van der Waals surface area (Å²) in [4.78, 5) is 0. The normalized spacial score (nSPS) is 7.90. The van der Waals surface area contributed by atoms with Crippen LogP contribution in [0.2, 0.25) is 0 Å². The van der Waals surface area contributed by atoms with Gasteiger partial charge in [-0.3, -0.25) is 0 Å². The fourth-order valence-electron chi connectivity index (χ4n) is 0.486. The van der Waals surface area contributed by atoms with Gasteiger partial charge in [0, 0.05) is 0 Å². The van der Waals surface area contributed by atoms with E-state index in [0.717, 1.165) is 11.1 Å². The lowest BCUT2D eigenvalue weighted by molar-refractivity contribution is 1.50. The maximum absolute atomic E-state index is 3.66. The van der Waals surface area contributed by atoms with E-state index in [9.17, 15) is 0 Å². The van der Waals surface area contributed by atoms with Crippen LogP contribution >= 0.6 is 0 Å². The highest BCUT2D eigenvalue weighted by Gasteiger charge is 1.69. The Hall–Kier alpha value is -1.56. The summed E-state index contributed by atoms with van der Waals surface area (Å²) in [5, 5.41) is 0. The van der Waals surface area contributed by atoms with Gasteiger partial charge in [0.15, 0.2) is 0 Å². The topological polar surface area (TPSA) is 0 Å². The smallest absolute Gasteiger partial charge is 0.0398 e. The van der Waals surface area contributed by atoms with Crippen molar-refractivity contribution in [2.75, 3.05) is 0 Å². The van der Waals surface area contributed by atoms with Gasteiger partial charge in [0.2, 0.25) is 0 Å². The Balaban J connectivity index is -0.0000000545. The molecule has 0 amide bonds. The van der Waals surface area contributed by atoms with Gasteiger partial charge in [-0.1, -0.05) is 115 Å². The van der Waals surface area contributed by atoms with Crippen LogP contribution < -0.4 is 0 Å². The van der Waals surface area contributed by atoms with Gasteiger partial charge in [-0.2, -0.15) is 0 Å². The second-order valence-electron chi connectivity index (χ2n) is 2.79. The van der Waals surface area contributed by atoms with Gasteiger partial charge in [0.25, 0.3) is 0 Å². The fourth-order valence-corrected chi connectivity index (χ4v) is 0.486. The van der Waals surface area contributed by atoms with Gasteiger partial charge in [-0.05, 0) is 13.8 Å². The summed E-state index contributed by atoms with van der Waals surface area (Å²) >= 11 is 0. The molecule has 0 radical (unpaired) electrons. The van der Waals surface area contributed by atoms with E-state index in [2.05, 4.69) is 26.3 Å². The highest BCUT2D eigenvalue weighted by molar-refractivity contribution is 5.17. The molecule has 0 bridgehead atoms. The second-order valence-corrected chi connectivity index (χ2v) is 2.79. The Morgan fingerprint density at radius 3 is 1.25 bits per heavy atom. The minimum atomic E-state index is 1.06. The lowest BCUT2D eigenvalue weighted by Crippen LogP contribution is -1.58. The molecule has 0 fully saturated rings. The predicted molar refractivity (Wildman–Crippen MR) is 102 cm³/mol. The molecule has 0 nitrogen and oxygen atoms in total. The molecule has 0 unspecified atom stereocenters. The molecule has 0 aromatic carbocycles. The molecule has 0 saturated heterocycles. The molecule has 0 aliphatic heterocycles. The minimum Gasteiger partial charge on any atom is -0.0991 e. The highest BCUT2D eigenvalue weighted by Crippen LogP contribution is 1.90. The van der Waals surface area contributed by atoms with Crippen LogP contribution in [0.15, 0.2) is 73.9 Å². The van der Waals surface area contributed by atoms with Crippen LogP contribution in [0.4, 0.5) is 0 Å². The molecule has 0 rings (SSSR count). The van der Waals surface area contributed by atoms with Crippen LogP contribution in [0.5, 0.6) is 0 Å². The second kappa shape index (κ2) is 43.2. The van der Waals surface area contributed by atoms with Crippen molar-refractivity contribution in [3.8, 4) is 0 Å². The van der Waals surface area contributed by atoms with Crippen LogP contribution in [0, 0.1) is 0 Å². The molecular weight excluding hydrogens is 240 g/mol. The van der Waals surface area contributed by atoms with E-state index < -0.39 is 0 Å². The van der Waals surface area contributed by atoms with Gasteiger partial charge in [-0.25, -0.2) is 0 Å². The van der Waals surface area contributed by atoms with E-state index in [-0.39, 0.29) is 0 Å². The summed E-state index contributed by atoms with van der Waals surface area (Å²) in [6, 6.07) is 0. The van der Waals surface area contributed by atoms with Crippen molar-refractivity contribution in [3.63, 3.8) is 0 Å². The molecule has 0 atom stereocenters. The van der Waals surface area contributed by atoms with E-state index >= 15 is 0 Å². The van der Waals surface area contributed by atoms with E-state index in [1.807, 2.05) is 73.6 Å². The van der Waals surface area contributed by atoms with Crippen LogP contribution in [-0.2, 0) is 0 Å². The zero-order valence-electron chi connectivity index (χ0n) is 15.3. The summed E-state index contributed by atoms with van der Waals surface area (Å²) in [5.74, 6) is 0. The number of rotatable bonds is 4. The standard InChI is InChI=1S/2C7H10.3C2H6/c1-4-5-6-7(2)3;1-4-6-7(3)5-2;3*1-2/h2*4-6H,1-2H2,3H3;3*1-2H3/b6-5-;7-6-;;;. The van der Waals surface area contributed by atoms with Gasteiger partial charge in [0.05, 0.1) is 0 Å². The van der Waals surface area contributed by atoms with Crippen LogP contribution in [0.25, 0.3) is 0 Å². The van der Waals surface area contributed by atoms with Crippen molar-refractivity contribution < 1.29 is 0 Å². The molecule has 0 heteroatoms. The Bertz CT molecular complexity index is 249. The van der Waals surface area contributed by atoms with Crippen molar-refractivity contribution in [3.05, 3.63) is 73.9 Å². The van der Waals surface area contributed by atoms with Crippen molar-refractivity contribution >= 4 is 0 Å². The van der Waals surface area contributed by atoms with E-state index in [1.54, 1.807) is 18.2 Å². The maximum Gasteiger partial charge on any atom is -0.0398 e. The van der Waals surface area contributed by atoms with Crippen LogP contribution in [-0.4, -0.2) is 0 Å². The van der Waals surface area contributed by atoms with E-state index in [1.165, 1.54) is 0 Å². The SMILES string of the molecule is C=C/C=C(/C)C=C.C=C/C=C\C(=C)C.CC.CC.CC. The molecule has 0 spiro atoms. The molecule has 0 aliphatic carbocycles. The zero-order chi connectivity index (χ0) is 17.4. The molecule has 118 valence electrons. The third kappa shape index (κ3) is 70.8. The van der Waals surface area contributed by atoms with Crippen molar-refractivity contribution in [1.82, 2.24) is 0 Å². The minimum absolute atomic E-state index is 1.06. The van der Waals surface area contributed by atoms with Crippen molar-refractivity contribution in [1.29, 1.82) is 0 Å². The van der Waals surface area contributed by atoms with Gasteiger partial charge < -0.3 is 0 Å². The maximum atomic E-state index is 3.66. The third-order valence-corrected chi connectivity index (χ3v) is 1.22. The Labute approximate surface area is 130 Å². The summed E-state index contributed by atoms with van der Waals surface area (Å²) < 4.78 is 0. The Kier molecular flexibility index (Phi) is 67.1. The van der Waals surface area contributed by atoms with Crippen molar-refractivity contribution in [2.45, 2.75) is 55.4 Å². The summed E-state index contributed by atoms with van der Waals surface area (Å²) in [6.07, 6.45) is 11.0. The quantitative estimate of drug-likeness (QED) is 0.462. The first kappa shape index (κ1) is 31.0. The third-order valence-electron chi connectivity index (χ3n) is 1.22. The lowest BCUT2D eigenvalue weighted by atomic mass is 10.3. The zero-order valence-corrected chi connectivity index (χ0v) is 15.3. The van der Waals surface area contributed by atoms with Gasteiger partial charge in [0.1, 0.15) is 0 Å². The molecular formula is C20H38. The van der Waals surface area contributed by atoms with Crippen LogP contribution in [0.1, 0.15) is 55.4 Å². The molecule has 0 saturated carbocycles. The molecule has 0 aromatic heterocycles. The number of hydrogen-bond acceptors (Lipinski definition) is 0. The van der Waals surface area contributed by atoms with E-state index in [4.69, 9.17) is 0 Å². The first-order chi connectivity index (χ1) is 9.58. The number of hydrogen-bond donors (Lipinski definition) is 0. The lowest BCUT2D eigenvalue weighted by Gasteiger charge is -1.80. The number of allylic oxidation sites excluding steroid dienone is 8.